The molecule has 1 N–H and O–H groups in total. The SMILES string of the molecule is CCOC(=O)N1CCN(c2cnc(C(=O)Nc3ccc(C#N)cc3)cn2)CC1. The highest BCUT2D eigenvalue weighted by Crippen LogP contribution is 2.14. The molecule has 0 aliphatic carbocycles. The summed E-state index contributed by atoms with van der Waals surface area (Å²) in [5.41, 5.74) is 1.29. The average molecular weight is 380 g/mol. The van der Waals surface area contributed by atoms with Crippen molar-refractivity contribution in [2.45, 2.75) is 6.92 Å². The van der Waals surface area contributed by atoms with Crippen molar-refractivity contribution < 1.29 is 14.3 Å². The highest BCUT2D eigenvalue weighted by atomic mass is 16.6. The third kappa shape index (κ3) is 4.54. The molecule has 1 saturated heterocycles. The van der Waals surface area contributed by atoms with Crippen molar-refractivity contribution in [1.82, 2.24) is 14.9 Å². The first-order chi connectivity index (χ1) is 13.6. The second kappa shape index (κ2) is 8.81. The third-order valence-electron chi connectivity index (χ3n) is 4.27. The van der Waals surface area contributed by atoms with Crippen molar-refractivity contribution >= 4 is 23.5 Å². The number of anilines is 2. The molecule has 1 fully saturated rings. The van der Waals surface area contributed by atoms with Gasteiger partial charge in [0.25, 0.3) is 5.91 Å². The van der Waals surface area contributed by atoms with Gasteiger partial charge in [-0.2, -0.15) is 5.26 Å². The maximum absolute atomic E-state index is 12.3. The number of carbonyl (C=O) groups excluding carboxylic acids is 2. The van der Waals surface area contributed by atoms with Crippen molar-refractivity contribution in [2.75, 3.05) is 43.0 Å². The van der Waals surface area contributed by atoms with E-state index in [0.717, 1.165) is 0 Å². The van der Waals surface area contributed by atoms with Crippen LogP contribution in [0.3, 0.4) is 0 Å². The minimum Gasteiger partial charge on any atom is -0.450 e. The number of hydrogen-bond acceptors (Lipinski definition) is 7. The molecule has 2 heterocycles. The molecule has 1 aliphatic rings. The minimum atomic E-state index is -0.379. The first-order valence-electron chi connectivity index (χ1n) is 8.91. The zero-order valence-corrected chi connectivity index (χ0v) is 15.5. The Morgan fingerprint density at radius 2 is 1.86 bits per heavy atom. The third-order valence-corrected chi connectivity index (χ3v) is 4.27. The number of benzene rings is 1. The number of hydrogen-bond donors (Lipinski definition) is 1. The fraction of sp³-hybridized carbons (Fsp3) is 0.316. The van der Waals surface area contributed by atoms with Crippen LogP contribution in [-0.4, -0.2) is 59.7 Å². The molecule has 9 nitrogen and oxygen atoms in total. The Labute approximate surface area is 162 Å². The van der Waals surface area contributed by atoms with E-state index in [2.05, 4.69) is 15.3 Å². The lowest BCUT2D eigenvalue weighted by Gasteiger charge is -2.34. The van der Waals surface area contributed by atoms with Crippen LogP contribution in [0.1, 0.15) is 23.0 Å². The number of nitrogens with zero attached hydrogens (tertiary/aromatic N) is 5. The Balaban J connectivity index is 1.56. The molecule has 1 aromatic heterocycles. The van der Waals surface area contributed by atoms with Crippen LogP contribution in [0.25, 0.3) is 0 Å². The molecule has 2 amide bonds. The topological polar surface area (TPSA) is 111 Å². The molecular formula is C19H20N6O3. The van der Waals surface area contributed by atoms with Crippen molar-refractivity contribution in [2.24, 2.45) is 0 Å². The van der Waals surface area contributed by atoms with Gasteiger partial charge in [-0.05, 0) is 31.2 Å². The second-order valence-corrected chi connectivity index (χ2v) is 6.08. The van der Waals surface area contributed by atoms with Gasteiger partial charge in [-0.15, -0.1) is 0 Å². The van der Waals surface area contributed by atoms with E-state index in [1.54, 1.807) is 42.3 Å². The van der Waals surface area contributed by atoms with Gasteiger partial charge in [0.15, 0.2) is 0 Å². The molecule has 0 radical (unpaired) electrons. The Morgan fingerprint density at radius 3 is 2.43 bits per heavy atom. The smallest absolute Gasteiger partial charge is 0.409 e. The molecule has 2 aromatic rings. The molecule has 0 saturated carbocycles. The molecule has 9 heteroatoms. The summed E-state index contributed by atoms with van der Waals surface area (Å²) in [6, 6.07) is 8.58. The summed E-state index contributed by atoms with van der Waals surface area (Å²) in [5, 5.41) is 11.5. The summed E-state index contributed by atoms with van der Waals surface area (Å²) in [5.74, 6) is 0.273. The zero-order chi connectivity index (χ0) is 19.9. The van der Waals surface area contributed by atoms with Crippen LogP contribution in [0, 0.1) is 11.3 Å². The Morgan fingerprint density at radius 1 is 1.14 bits per heavy atom. The van der Waals surface area contributed by atoms with Crippen molar-refractivity contribution in [3.8, 4) is 6.07 Å². The van der Waals surface area contributed by atoms with Gasteiger partial charge in [0.2, 0.25) is 0 Å². The predicted molar refractivity (Wildman–Crippen MR) is 102 cm³/mol. The zero-order valence-electron chi connectivity index (χ0n) is 15.5. The summed E-state index contributed by atoms with van der Waals surface area (Å²) in [4.78, 5) is 36.2. The number of amides is 2. The van der Waals surface area contributed by atoms with E-state index in [-0.39, 0.29) is 17.7 Å². The van der Waals surface area contributed by atoms with Crippen LogP contribution >= 0.6 is 0 Å². The van der Waals surface area contributed by atoms with Gasteiger partial charge in [-0.3, -0.25) is 4.79 Å². The molecule has 0 spiro atoms. The quantitative estimate of drug-likeness (QED) is 0.862. The minimum absolute atomic E-state index is 0.193. The summed E-state index contributed by atoms with van der Waals surface area (Å²) >= 11 is 0. The standard InChI is InChI=1S/C19H20N6O3/c1-2-28-19(27)25-9-7-24(8-10-25)17-13-21-16(12-22-17)18(26)23-15-5-3-14(11-20)4-6-15/h3-6,12-13H,2,7-10H2,1H3,(H,23,26). The van der Waals surface area contributed by atoms with E-state index in [4.69, 9.17) is 10.00 Å². The van der Waals surface area contributed by atoms with E-state index < -0.39 is 0 Å². The molecule has 0 unspecified atom stereocenters. The lowest BCUT2D eigenvalue weighted by atomic mass is 10.2. The van der Waals surface area contributed by atoms with Gasteiger partial charge in [0, 0.05) is 31.9 Å². The number of piperazine rings is 1. The molecular weight excluding hydrogens is 360 g/mol. The lowest BCUT2D eigenvalue weighted by Crippen LogP contribution is -2.49. The number of carbonyl (C=O) groups is 2. The molecule has 1 aromatic carbocycles. The van der Waals surface area contributed by atoms with Crippen molar-refractivity contribution in [3.05, 3.63) is 47.9 Å². The van der Waals surface area contributed by atoms with Crippen LogP contribution < -0.4 is 10.2 Å². The number of nitriles is 1. The molecule has 0 atom stereocenters. The van der Waals surface area contributed by atoms with Gasteiger partial charge in [0.05, 0.1) is 30.6 Å². The van der Waals surface area contributed by atoms with Gasteiger partial charge >= 0.3 is 6.09 Å². The number of aromatic nitrogens is 2. The number of ether oxygens (including phenoxy) is 1. The fourth-order valence-electron chi connectivity index (χ4n) is 2.76. The summed E-state index contributed by atoms with van der Waals surface area (Å²) < 4.78 is 5.01. The first-order valence-corrected chi connectivity index (χ1v) is 8.91. The second-order valence-electron chi connectivity index (χ2n) is 6.08. The Kier molecular flexibility index (Phi) is 6.01. The largest absolute Gasteiger partial charge is 0.450 e. The molecule has 0 bridgehead atoms. The van der Waals surface area contributed by atoms with Crippen LogP contribution in [-0.2, 0) is 4.74 Å². The molecule has 1 aliphatic heterocycles. The van der Waals surface area contributed by atoms with E-state index in [1.165, 1.54) is 6.20 Å². The average Bonchev–Trinajstić information content (AvgIpc) is 2.74. The fourth-order valence-corrected chi connectivity index (χ4v) is 2.76. The highest BCUT2D eigenvalue weighted by molar-refractivity contribution is 6.02. The Bertz CT molecular complexity index is 868. The van der Waals surface area contributed by atoms with Gasteiger partial charge < -0.3 is 19.9 Å². The molecule has 144 valence electrons. The lowest BCUT2D eigenvalue weighted by molar-refractivity contribution is 0.101. The van der Waals surface area contributed by atoms with E-state index in [0.29, 0.717) is 49.9 Å². The molecule has 3 rings (SSSR count). The van der Waals surface area contributed by atoms with Crippen LogP contribution in [0.2, 0.25) is 0 Å². The predicted octanol–water partition coefficient (Wildman–Crippen LogP) is 1.88. The maximum Gasteiger partial charge on any atom is 0.409 e. The van der Waals surface area contributed by atoms with Gasteiger partial charge in [-0.25, -0.2) is 14.8 Å². The first kappa shape index (κ1) is 19.1. The number of nitrogens with one attached hydrogen (secondary N) is 1. The van der Waals surface area contributed by atoms with Crippen LogP contribution in [0.5, 0.6) is 0 Å². The van der Waals surface area contributed by atoms with Crippen LogP contribution in [0.15, 0.2) is 36.7 Å². The summed E-state index contributed by atoms with van der Waals surface area (Å²) in [6.07, 6.45) is 2.67. The normalized spacial score (nSPS) is 13.6. The molecule has 28 heavy (non-hydrogen) atoms. The van der Waals surface area contributed by atoms with Crippen molar-refractivity contribution in [3.63, 3.8) is 0 Å². The van der Waals surface area contributed by atoms with E-state index in [1.807, 2.05) is 11.0 Å². The highest BCUT2D eigenvalue weighted by Gasteiger charge is 2.23. The van der Waals surface area contributed by atoms with E-state index in [9.17, 15) is 9.59 Å². The summed E-state index contributed by atoms with van der Waals surface area (Å²) in [7, 11) is 0. The van der Waals surface area contributed by atoms with Crippen LogP contribution in [0.4, 0.5) is 16.3 Å². The van der Waals surface area contributed by atoms with E-state index >= 15 is 0 Å². The van der Waals surface area contributed by atoms with Gasteiger partial charge in [-0.1, -0.05) is 0 Å². The maximum atomic E-state index is 12.3. The number of rotatable bonds is 4. The van der Waals surface area contributed by atoms with Gasteiger partial charge in [0.1, 0.15) is 11.5 Å². The summed E-state index contributed by atoms with van der Waals surface area (Å²) in [6.45, 7) is 4.46. The van der Waals surface area contributed by atoms with Crippen molar-refractivity contribution in [1.29, 1.82) is 5.26 Å². The Hall–Kier alpha value is -3.67. The monoisotopic (exact) mass is 380 g/mol.